The van der Waals surface area contributed by atoms with Gasteiger partial charge in [-0.25, -0.2) is 0 Å². The van der Waals surface area contributed by atoms with Crippen LogP contribution in [0.2, 0.25) is 0 Å². The molecule has 94 valence electrons. The number of nitrogens with two attached hydrogens (primary N) is 1. The van der Waals surface area contributed by atoms with Crippen molar-refractivity contribution in [1.29, 1.82) is 0 Å². The van der Waals surface area contributed by atoms with Crippen molar-refractivity contribution in [2.24, 2.45) is 10.7 Å². The first-order valence-corrected chi connectivity index (χ1v) is 5.93. The highest BCUT2D eigenvalue weighted by Gasteiger charge is 2.23. The molecular formula is C11H23N3O2. The van der Waals surface area contributed by atoms with Crippen molar-refractivity contribution < 1.29 is 10.2 Å². The summed E-state index contributed by atoms with van der Waals surface area (Å²) >= 11 is 0. The highest BCUT2D eigenvalue weighted by molar-refractivity contribution is 5.78. The van der Waals surface area contributed by atoms with E-state index in [0.717, 1.165) is 12.8 Å². The lowest BCUT2D eigenvalue weighted by molar-refractivity contribution is 0.119. The zero-order valence-electron chi connectivity index (χ0n) is 9.95. The van der Waals surface area contributed by atoms with Gasteiger partial charge in [0, 0.05) is 0 Å². The number of aliphatic imine (C=N–C) groups is 1. The number of hydrogen-bond acceptors (Lipinski definition) is 3. The number of rotatable bonds is 4. The first-order valence-electron chi connectivity index (χ1n) is 5.93. The van der Waals surface area contributed by atoms with Crippen LogP contribution in [0.5, 0.6) is 0 Å². The van der Waals surface area contributed by atoms with Gasteiger partial charge in [0.15, 0.2) is 5.96 Å². The lowest BCUT2D eigenvalue weighted by Crippen LogP contribution is -2.54. The molecule has 0 aromatic carbocycles. The topological polar surface area (TPSA) is 90.9 Å². The van der Waals surface area contributed by atoms with Gasteiger partial charge in [-0.15, -0.1) is 0 Å². The molecule has 1 aliphatic rings. The molecule has 0 saturated heterocycles. The van der Waals surface area contributed by atoms with E-state index in [1.807, 2.05) is 0 Å². The third kappa shape index (κ3) is 3.98. The van der Waals surface area contributed by atoms with Gasteiger partial charge in [0.1, 0.15) is 0 Å². The van der Waals surface area contributed by atoms with E-state index in [2.05, 4.69) is 10.3 Å². The maximum Gasteiger partial charge on any atom is 0.189 e. The Morgan fingerprint density at radius 2 is 1.88 bits per heavy atom. The van der Waals surface area contributed by atoms with E-state index in [1.54, 1.807) is 6.92 Å². The number of aliphatic hydroxyl groups is 2. The molecule has 0 unspecified atom stereocenters. The van der Waals surface area contributed by atoms with Crippen LogP contribution in [0.25, 0.3) is 0 Å². The highest BCUT2D eigenvalue weighted by atomic mass is 16.3. The molecule has 5 nitrogen and oxygen atoms in total. The Morgan fingerprint density at radius 3 is 2.38 bits per heavy atom. The molecule has 5 heteroatoms. The molecule has 16 heavy (non-hydrogen) atoms. The van der Waals surface area contributed by atoms with Crippen LogP contribution in [0.15, 0.2) is 4.99 Å². The molecule has 0 bridgehead atoms. The number of guanidine groups is 1. The smallest absolute Gasteiger partial charge is 0.189 e. The van der Waals surface area contributed by atoms with Gasteiger partial charge < -0.3 is 21.3 Å². The Hall–Kier alpha value is -0.810. The van der Waals surface area contributed by atoms with Gasteiger partial charge in [0.25, 0.3) is 0 Å². The van der Waals surface area contributed by atoms with Crippen LogP contribution in [0.3, 0.4) is 0 Å². The van der Waals surface area contributed by atoms with Crippen LogP contribution < -0.4 is 11.1 Å². The molecule has 1 fully saturated rings. The molecule has 0 heterocycles. The van der Waals surface area contributed by atoms with Crippen LogP contribution in [-0.2, 0) is 0 Å². The maximum absolute atomic E-state index is 9.11. The average molecular weight is 229 g/mol. The molecule has 5 N–H and O–H groups in total. The van der Waals surface area contributed by atoms with Gasteiger partial charge in [0.05, 0.1) is 24.8 Å². The summed E-state index contributed by atoms with van der Waals surface area (Å²) in [6.45, 7) is 1.35. The molecule has 0 aliphatic heterocycles. The van der Waals surface area contributed by atoms with Crippen molar-refractivity contribution in [1.82, 2.24) is 5.32 Å². The van der Waals surface area contributed by atoms with E-state index >= 15 is 0 Å². The molecule has 1 aliphatic carbocycles. The summed E-state index contributed by atoms with van der Waals surface area (Å²) < 4.78 is 0. The van der Waals surface area contributed by atoms with Crippen molar-refractivity contribution in [3.63, 3.8) is 0 Å². The fourth-order valence-electron chi connectivity index (χ4n) is 1.88. The SMILES string of the molecule is CC(CO)(CO)NC(N)=NC1CCCCC1. The van der Waals surface area contributed by atoms with Gasteiger partial charge >= 0.3 is 0 Å². The Labute approximate surface area is 96.8 Å². The third-order valence-electron chi connectivity index (χ3n) is 3.02. The normalized spacial score (nSPS) is 19.8. The summed E-state index contributed by atoms with van der Waals surface area (Å²) in [5.74, 6) is 0.317. The zero-order chi connectivity index (χ0) is 12.0. The van der Waals surface area contributed by atoms with Crippen molar-refractivity contribution in [3.05, 3.63) is 0 Å². The van der Waals surface area contributed by atoms with E-state index in [4.69, 9.17) is 15.9 Å². The van der Waals surface area contributed by atoms with Crippen molar-refractivity contribution in [2.45, 2.75) is 50.6 Å². The molecule has 1 saturated carbocycles. The molecule has 0 amide bonds. The monoisotopic (exact) mass is 229 g/mol. The van der Waals surface area contributed by atoms with E-state index in [1.165, 1.54) is 19.3 Å². The van der Waals surface area contributed by atoms with E-state index in [-0.39, 0.29) is 13.2 Å². The minimum Gasteiger partial charge on any atom is -0.394 e. The summed E-state index contributed by atoms with van der Waals surface area (Å²) in [6.07, 6.45) is 5.86. The van der Waals surface area contributed by atoms with Gasteiger partial charge in [-0.05, 0) is 19.8 Å². The number of hydrogen-bond donors (Lipinski definition) is 4. The Balaban J connectivity index is 2.49. The Morgan fingerprint density at radius 1 is 1.31 bits per heavy atom. The van der Waals surface area contributed by atoms with Crippen molar-refractivity contribution in [3.8, 4) is 0 Å². The van der Waals surface area contributed by atoms with E-state index in [0.29, 0.717) is 12.0 Å². The van der Waals surface area contributed by atoms with Crippen LogP contribution in [0, 0.1) is 0 Å². The van der Waals surface area contributed by atoms with Crippen LogP contribution in [0.1, 0.15) is 39.0 Å². The molecular weight excluding hydrogens is 206 g/mol. The summed E-state index contributed by atoms with van der Waals surface area (Å²) in [6, 6.07) is 0.294. The number of nitrogens with one attached hydrogen (secondary N) is 1. The molecule has 0 atom stereocenters. The quantitative estimate of drug-likeness (QED) is 0.402. The highest BCUT2D eigenvalue weighted by Crippen LogP contribution is 2.20. The van der Waals surface area contributed by atoms with Gasteiger partial charge in [-0.3, -0.25) is 4.99 Å². The zero-order valence-corrected chi connectivity index (χ0v) is 9.95. The van der Waals surface area contributed by atoms with Gasteiger partial charge in [0.2, 0.25) is 0 Å². The third-order valence-corrected chi connectivity index (χ3v) is 3.02. The standard InChI is InChI=1S/C11H23N3O2/c1-11(7-15,8-16)14-10(12)13-9-5-3-2-4-6-9/h9,15-16H,2-8H2,1H3,(H3,12,13,14). The first kappa shape index (κ1) is 13.3. The largest absolute Gasteiger partial charge is 0.394 e. The molecule has 1 rings (SSSR count). The number of nitrogens with zero attached hydrogens (tertiary/aromatic N) is 1. The maximum atomic E-state index is 9.11. The minimum absolute atomic E-state index is 0.176. The molecule has 0 spiro atoms. The minimum atomic E-state index is -0.789. The summed E-state index contributed by atoms with van der Waals surface area (Å²) in [5, 5.41) is 21.1. The number of aliphatic hydroxyl groups excluding tert-OH is 2. The summed E-state index contributed by atoms with van der Waals surface area (Å²) in [5.41, 5.74) is 4.97. The second kappa shape index (κ2) is 6.06. The fourth-order valence-corrected chi connectivity index (χ4v) is 1.88. The van der Waals surface area contributed by atoms with Crippen molar-refractivity contribution in [2.75, 3.05) is 13.2 Å². The first-order chi connectivity index (χ1) is 7.59. The molecule has 0 radical (unpaired) electrons. The van der Waals surface area contributed by atoms with Gasteiger partial charge in [-0.1, -0.05) is 19.3 Å². The molecule has 0 aromatic heterocycles. The second-order valence-electron chi connectivity index (χ2n) is 4.81. The summed E-state index contributed by atoms with van der Waals surface area (Å²) in [7, 11) is 0. The summed E-state index contributed by atoms with van der Waals surface area (Å²) in [4.78, 5) is 4.38. The average Bonchev–Trinajstić information content (AvgIpc) is 2.30. The van der Waals surface area contributed by atoms with Crippen LogP contribution in [0.4, 0.5) is 0 Å². The Kier molecular flexibility index (Phi) is 5.02. The predicted octanol–water partition coefficient (Wildman–Crippen LogP) is -0.0333. The van der Waals surface area contributed by atoms with Crippen LogP contribution >= 0.6 is 0 Å². The fraction of sp³-hybridized carbons (Fsp3) is 0.909. The predicted molar refractivity (Wildman–Crippen MR) is 64.2 cm³/mol. The van der Waals surface area contributed by atoms with Gasteiger partial charge in [-0.2, -0.15) is 0 Å². The van der Waals surface area contributed by atoms with Crippen LogP contribution in [-0.4, -0.2) is 41.0 Å². The lowest BCUT2D eigenvalue weighted by Gasteiger charge is -2.27. The Bertz CT molecular complexity index is 233. The van der Waals surface area contributed by atoms with E-state index < -0.39 is 5.54 Å². The lowest BCUT2D eigenvalue weighted by atomic mass is 9.96. The molecule has 0 aromatic rings. The van der Waals surface area contributed by atoms with E-state index in [9.17, 15) is 0 Å². The van der Waals surface area contributed by atoms with Crippen molar-refractivity contribution >= 4 is 5.96 Å². The second-order valence-corrected chi connectivity index (χ2v) is 4.81.